The minimum atomic E-state index is -0.603. The highest BCUT2D eigenvalue weighted by atomic mass is 16.1. The standard InChI is InChI=1S/C15H20O2/c1-8-7-9(2)11(4)14(10(8)3)15(12(5)16)13(6)17/h7,15H,1-6H3. The van der Waals surface area contributed by atoms with Crippen LogP contribution < -0.4 is 0 Å². The highest BCUT2D eigenvalue weighted by Crippen LogP contribution is 2.29. The number of hydrogen-bond donors (Lipinski definition) is 0. The number of carbonyl (C=O) groups excluding carboxylic acids is 2. The van der Waals surface area contributed by atoms with Gasteiger partial charge < -0.3 is 0 Å². The zero-order valence-electron chi connectivity index (χ0n) is 11.5. The smallest absolute Gasteiger partial charge is 0.144 e. The first-order valence-electron chi connectivity index (χ1n) is 5.85. The number of Topliss-reactive ketones (excluding diaryl/α,β-unsaturated/α-hetero) is 2. The second-order valence-electron chi connectivity index (χ2n) is 4.83. The van der Waals surface area contributed by atoms with Gasteiger partial charge in [-0.1, -0.05) is 6.07 Å². The van der Waals surface area contributed by atoms with E-state index in [1.807, 2.05) is 27.7 Å². The lowest BCUT2D eigenvalue weighted by Gasteiger charge is -2.20. The van der Waals surface area contributed by atoms with Gasteiger partial charge in [0.2, 0.25) is 0 Å². The van der Waals surface area contributed by atoms with E-state index in [1.54, 1.807) is 0 Å². The van der Waals surface area contributed by atoms with Crippen molar-refractivity contribution < 1.29 is 9.59 Å². The third-order valence-corrected chi connectivity index (χ3v) is 3.53. The Bertz CT molecular complexity index is 444. The van der Waals surface area contributed by atoms with E-state index in [1.165, 1.54) is 13.8 Å². The van der Waals surface area contributed by atoms with Crippen LogP contribution in [0.15, 0.2) is 6.07 Å². The molecule has 0 aliphatic carbocycles. The summed E-state index contributed by atoms with van der Waals surface area (Å²) in [6, 6.07) is 2.10. The average Bonchev–Trinajstić information content (AvgIpc) is 2.20. The van der Waals surface area contributed by atoms with E-state index in [4.69, 9.17) is 0 Å². The van der Waals surface area contributed by atoms with Crippen LogP contribution in [0.3, 0.4) is 0 Å². The van der Waals surface area contributed by atoms with Crippen LogP contribution in [0.4, 0.5) is 0 Å². The molecule has 0 unspecified atom stereocenters. The molecule has 0 bridgehead atoms. The Kier molecular flexibility index (Phi) is 3.87. The van der Waals surface area contributed by atoms with Gasteiger partial charge in [-0.15, -0.1) is 0 Å². The van der Waals surface area contributed by atoms with Gasteiger partial charge in [0.1, 0.15) is 17.5 Å². The second kappa shape index (κ2) is 4.82. The predicted octanol–water partition coefficient (Wildman–Crippen LogP) is 3.18. The van der Waals surface area contributed by atoms with Crippen LogP contribution >= 0.6 is 0 Å². The Labute approximate surface area is 103 Å². The van der Waals surface area contributed by atoms with Crippen LogP contribution in [0.5, 0.6) is 0 Å². The monoisotopic (exact) mass is 232 g/mol. The Hall–Kier alpha value is -1.44. The number of benzene rings is 1. The maximum Gasteiger partial charge on any atom is 0.144 e. The first kappa shape index (κ1) is 13.6. The van der Waals surface area contributed by atoms with Gasteiger partial charge in [-0.3, -0.25) is 9.59 Å². The summed E-state index contributed by atoms with van der Waals surface area (Å²) in [5, 5.41) is 0. The fourth-order valence-corrected chi connectivity index (χ4v) is 2.37. The van der Waals surface area contributed by atoms with E-state index in [0.717, 1.165) is 27.8 Å². The molecule has 92 valence electrons. The van der Waals surface area contributed by atoms with Crippen molar-refractivity contribution in [1.82, 2.24) is 0 Å². The van der Waals surface area contributed by atoms with Crippen molar-refractivity contribution in [3.8, 4) is 0 Å². The molecule has 17 heavy (non-hydrogen) atoms. The van der Waals surface area contributed by atoms with Crippen molar-refractivity contribution in [2.45, 2.75) is 47.5 Å². The minimum Gasteiger partial charge on any atom is -0.299 e. The zero-order valence-corrected chi connectivity index (χ0v) is 11.5. The van der Waals surface area contributed by atoms with Crippen LogP contribution in [0.1, 0.15) is 47.6 Å². The molecule has 0 aliphatic rings. The molecule has 1 aromatic rings. The molecule has 0 heterocycles. The molecule has 0 amide bonds. The van der Waals surface area contributed by atoms with Crippen LogP contribution in [-0.4, -0.2) is 11.6 Å². The minimum absolute atomic E-state index is 0.0753. The quantitative estimate of drug-likeness (QED) is 0.750. The summed E-state index contributed by atoms with van der Waals surface area (Å²) < 4.78 is 0. The van der Waals surface area contributed by atoms with Gasteiger partial charge in [0.05, 0.1) is 0 Å². The third kappa shape index (κ3) is 2.46. The highest BCUT2D eigenvalue weighted by molar-refractivity contribution is 6.06. The lowest BCUT2D eigenvalue weighted by Crippen LogP contribution is -2.20. The van der Waals surface area contributed by atoms with E-state index >= 15 is 0 Å². The average molecular weight is 232 g/mol. The molecular weight excluding hydrogens is 212 g/mol. The SMILES string of the molecule is CC(=O)C(C(C)=O)c1c(C)c(C)cc(C)c1C. The number of hydrogen-bond acceptors (Lipinski definition) is 2. The maximum atomic E-state index is 11.7. The first-order valence-corrected chi connectivity index (χ1v) is 5.85. The lowest BCUT2D eigenvalue weighted by molar-refractivity contribution is -0.126. The number of carbonyl (C=O) groups is 2. The summed E-state index contributed by atoms with van der Waals surface area (Å²) in [7, 11) is 0. The van der Waals surface area contributed by atoms with Crippen molar-refractivity contribution in [3.05, 3.63) is 33.9 Å². The van der Waals surface area contributed by atoms with E-state index in [9.17, 15) is 9.59 Å². The molecule has 0 saturated heterocycles. The van der Waals surface area contributed by atoms with Crippen LogP contribution in [0.25, 0.3) is 0 Å². The summed E-state index contributed by atoms with van der Waals surface area (Å²) in [4.78, 5) is 23.4. The largest absolute Gasteiger partial charge is 0.299 e. The molecule has 0 radical (unpaired) electrons. The Morgan fingerprint density at radius 1 is 0.882 bits per heavy atom. The van der Waals surface area contributed by atoms with Crippen molar-refractivity contribution in [1.29, 1.82) is 0 Å². The molecule has 1 aromatic carbocycles. The maximum absolute atomic E-state index is 11.7. The van der Waals surface area contributed by atoms with Gasteiger partial charge in [-0.2, -0.15) is 0 Å². The van der Waals surface area contributed by atoms with Gasteiger partial charge in [-0.05, 0) is 69.4 Å². The molecule has 2 nitrogen and oxygen atoms in total. The van der Waals surface area contributed by atoms with Gasteiger partial charge in [0, 0.05) is 0 Å². The first-order chi connectivity index (χ1) is 7.77. The van der Waals surface area contributed by atoms with E-state index < -0.39 is 5.92 Å². The topological polar surface area (TPSA) is 34.1 Å². The Balaban J connectivity index is 3.58. The predicted molar refractivity (Wildman–Crippen MR) is 69.5 cm³/mol. The molecule has 0 aliphatic heterocycles. The summed E-state index contributed by atoms with van der Waals surface area (Å²) in [5.41, 5.74) is 5.29. The van der Waals surface area contributed by atoms with Crippen molar-refractivity contribution in [3.63, 3.8) is 0 Å². The van der Waals surface area contributed by atoms with Crippen molar-refractivity contribution in [2.75, 3.05) is 0 Å². The fourth-order valence-electron chi connectivity index (χ4n) is 2.37. The van der Waals surface area contributed by atoms with Crippen LogP contribution in [-0.2, 0) is 9.59 Å². The van der Waals surface area contributed by atoms with E-state index in [0.29, 0.717) is 0 Å². The van der Waals surface area contributed by atoms with Crippen LogP contribution in [0.2, 0.25) is 0 Å². The zero-order chi connectivity index (χ0) is 13.3. The number of ketones is 2. The summed E-state index contributed by atoms with van der Waals surface area (Å²) >= 11 is 0. The fraction of sp³-hybridized carbons (Fsp3) is 0.467. The highest BCUT2D eigenvalue weighted by Gasteiger charge is 2.26. The Morgan fingerprint density at radius 3 is 1.53 bits per heavy atom. The van der Waals surface area contributed by atoms with Gasteiger partial charge in [0.15, 0.2) is 0 Å². The Morgan fingerprint density at radius 2 is 1.24 bits per heavy atom. The van der Waals surface area contributed by atoms with E-state index in [-0.39, 0.29) is 11.6 Å². The molecule has 1 rings (SSSR count). The van der Waals surface area contributed by atoms with Gasteiger partial charge in [0.25, 0.3) is 0 Å². The number of rotatable bonds is 3. The van der Waals surface area contributed by atoms with E-state index in [2.05, 4.69) is 6.07 Å². The summed E-state index contributed by atoms with van der Waals surface area (Å²) in [5.74, 6) is -0.754. The summed E-state index contributed by atoms with van der Waals surface area (Å²) in [6.07, 6.45) is 0. The molecule has 0 saturated carbocycles. The normalized spacial score (nSPS) is 10.8. The molecule has 0 atom stereocenters. The molecule has 0 aromatic heterocycles. The molecular formula is C15H20O2. The number of aryl methyl sites for hydroxylation is 2. The molecule has 2 heteroatoms. The van der Waals surface area contributed by atoms with Gasteiger partial charge >= 0.3 is 0 Å². The lowest BCUT2D eigenvalue weighted by atomic mass is 9.82. The third-order valence-electron chi connectivity index (χ3n) is 3.53. The second-order valence-corrected chi connectivity index (χ2v) is 4.83. The molecule has 0 N–H and O–H groups in total. The van der Waals surface area contributed by atoms with Gasteiger partial charge in [-0.25, -0.2) is 0 Å². The molecule has 0 fully saturated rings. The summed E-state index contributed by atoms with van der Waals surface area (Å²) in [6.45, 7) is 11.0. The van der Waals surface area contributed by atoms with Crippen molar-refractivity contribution in [2.24, 2.45) is 0 Å². The molecule has 0 spiro atoms. The van der Waals surface area contributed by atoms with Crippen molar-refractivity contribution >= 4 is 11.6 Å². The van der Waals surface area contributed by atoms with Crippen LogP contribution in [0, 0.1) is 27.7 Å².